The first-order valence-electron chi connectivity index (χ1n) is 7.93. The third kappa shape index (κ3) is 2.34. The standard InChI is InChI=1S/C17H17F3N4/c1-8-2-3-15-17(22-8)24-7-14(21)10(5-16(24)23-15)9-4-12(19)13(20)6-11(9)18/h2-3,6,9-10,14H,4-5,7,21H2,1H3/t9?,10-,14?/m1/s1. The molecular weight excluding hydrogens is 317 g/mol. The fraction of sp³-hybridized carbons (Fsp3) is 0.412. The van der Waals surface area contributed by atoms with Crippen molar-refractivity contribution in [3.05, 3.63) is 47.2 Å². The number of aryl methyl sites for hydroxylation is 1. The van der Waals surface area contributed by atoms with Gasteiger partial charge >= 0.3 is 0 Å². The van der Waals surface area contributed by atoms with Crippen LogP contribution in [0.1, 0.15) is 17.9 Å². The lowest BCUT2D eigenvalue weighted by Crippen LogP contribution is -2.44. The average molecular weight is 334 g/mol. The fourth-order valence-electron chi connectivity index (χ4n) is 3.69. The number of imidazole rings is 1. The third-order valence-corrected chi connectivity index (χ3v) is 4.97. The van der Waals surface area contributed by atoms with Crippen LogP contribution in [-0.2, 0) is 13.0 Å². The second-order valence-electron chi connectivity index (χ2n) is 6.56. The Morgan fingerprint density at radius 3 is 2.75 bits per heavy atom. The van der Waals surface area contributed by atoms with Gasteiger partial charge in [0.1, 0.15) is 23.0 Å². The first-order valence-corrected chi connectivity index (χ1v) is 7.93. The van der Waals surface area contributed by atoms with E-state index in [0.29, 0.717) is 19.0 Å². The Kier molecular flexibility index (Phi) is 3.49. The van der Waals surface area contributed by atoms with Gasteiger partial charge in [0.15, 0.2) is 11.5 Å². The van der Waals surface area contributed by atoms with Gasteiger partial charge in [-0.25, -0.2) is 23.1 Å². The van der Waals surface area contributed by atoms with Gasteiger partial charge in [0.2, 0.25) is 0 Å². The van der Waals surface area contributed by atoms with Crippen molar-refractivity contribution >= 4 is 11.2 Å². The summed E-state index contributed by atoms with van der Waals surface area (Å²) in [5.74, 6) is -3.00. The van der Waals surface area contributed by atoms with E-state index in [9.17, 15) is 13.2 Å². The Balaban J connectivity index is 1.70. The number of pyridine rings is 1. The highest BCUT2D eigenvalue weighted by molar-refractivity contribution is 5.72. The van der Waals surface area contributed by atoms with Gasteiger partial charge in [-0.3, -0.25) is 0 Å². The maximum Gasteiger partial charge on any atom is 0.160 e. The molecule has 0 amide bonds. The molecule has 0 saturated carbocycles. The molecule has 4 rings (SSSR count). The number of allylic oxidation sites excluding steroid dienone is 4. The minimum absolute atomic E-state index is 0.288. The molecule has 2 aliphatic rings. The van der Waals surface area contributed by atoms with Crippen molar-refractivity contribution in [2.75, 3.05) is 0 Å². The Labute approximate surface area is 136 Å². The van der Waals surface area contributed by atoms with E-state index in [-0.39, 0.29) is 18.4 Å². The molecule has 1 aliphatic carbocycles. The minimum atomic E-state index is -1.12. The monoisotopic (exact) mass is 334 g/mol. The van der Waals surface area contributed by atoms with Gasteiger partial charge < -0.3 is 10.3 Å². The number of fused-ring (bicyclic) bond motifs is 3. The minimum Gasteiger partial charge on any atom is -0.326 e. The number of nitrogens with zero attached hydrogens (tertiary/aromatic N) is 3. The van der Waals surface area contributed by atoms with Crippen molar-refractivity contribution in [1.82, 2.24) is 14.5 Å². The van der Waals surface area contributed by atoms with Crippen LogP contribution >= 0.6 is 0 Å². The highest BCUT2D eigenvalue weighted by atomic mass is 19.2. The van der Waals surface area contributed by atoms with Gasteiger partial charge in [-0.15, -0.1) is 0 Å². The number of rotatable bonds is 1. The molecule has 2 aromatic rings. The Morgan fingerprint density at radius 1 is 1.17 bits per heavy atom. The second kappa shape index (κ2) is 5.44. The number of halogens is 3. The van der Waals surface area contributed by atoms with Gasteiger partial charge in [-0.1, -0.05) is 0 Å². The van der Waals surface area contributed by atoms with E-state index in [0.717, 1.165) is 22.7 Å². The molecule has 2 aromatic heterocycles. The average Bonchev–Trinajstić information content (AvgIpc) is 2.87. The van der Waals surface area contributed by atoms with Crippen molar-refractivity contribution in [2.45, 2.75) is 32.4 Å². The van der Waals surface area contributed by atoms with Crippen LogP contribution in [0.15, 0.2) is 35.7 Å². The van der Waals surface area contributed by atoms with Crippen molar-refractivity contribution in [1.29, 1.82) is 0 Å². The van der Waals surface area contributed by atoms with Crippen molar-refractivity contribution < 1.29 is 13.2 Å². The summed E-state index contributed by atoms with van der Waals surface area (Å²) in [7, 11) is 0. The summed E-state index contributed by atoms with van der Waals surface area (Å²) < 4.78 is 43.0. The zero-order chi connectivity index (χ0) is 17.0. The van der Waals surface area contributed by atoms with Crippen molar-refractivity contribution in [2.24, 2.45) is 17.6 Å². The number of hydrogen-bond acceptors (Lipinski definition) is 3. The fourth-order valence-corrected chi connectivity index (χ4v) is 3.69. The first-order chi connectivity index (χ1) is 11.4. The quantitative estimate of drug-likeness (QED) is 0.871. The van der Waals surface area contributed by atoms with Gasteiger partial charge in [0, 0.05) is 43.1 Å². The molecule has 0 fully saturated rings. The smallest absolute Gasteiger partial charge is 0.160 e. The summed E-state index contributed by atoms with van der Waals surface area (Å²) >= 11 is 0. The van der Waals surface area contributed by atoms with E-state index >= 15 is 0 Å². The highest BCUT2D eigenvalue weighted by Crippen LogP contribution is 2.40. The van der Waals surface area contributed by atoms with Gasteiger partial charge in [-0.05, 0) is 25.0 Å². The lowest BCUT2D eigenvalue weighted by molar-refractivity contribution is 0.217. The summed E-state index contributed by atoms with van der Waals surface area (Å²) in [5.41, 5.74) is 8.66. The van der Waals surface area contributed by atoms with Crippen LogP contribution in [0.3, 0.4) is 0 Å². The molecule has 24 heavy (non-hydrogen) atoms. The number of nitrogens with two attached hydrogens (primary N) is 1. The SMILES string of the molecule is Cc1ccc2nc3n(c2n1)CC(N)[C@@H](C1CC(F)=C(F)C=C1F)C3. The lowest BCUT2D eigenvalue weighted by Gasteiger charge is -2.35. The van der Waals surface area contributed by atoms with Gasteiger partial charge in [-0.2, -0.15) is 0 Å². The molecule has 0 saturated heterocycles. The van der Waals surface area contributed by atoms with E-state index in [4.69, 9.17) is 5.73 Å². The molecular formula is C17H17F3N4. The molecule has 3 atom stereocenters. The van der Waals surface area contributed by atoms with E-state index in [1.807, 2.05) is 23.6 Å². The zero-order valence-electron chi connectivity index (χ0n) is 13.1. The normalized spacial score (nSPS) is 27.4. The molecule has 0 radical (unpaired) electrons. The van der Waals surface area contributed by atoms with Crippen LogP contribution < -0.4 is 5.73 Å². The predicted octanol–water partition coefficient (Wildman–Crippen LogP) is 3.26. The summed E-state index contributed by atoms with van der Waals surface area (Å²) in [6, 6.07) is 3.39. The lowest BCUT2D eigenvalue weighted by atomic mass is 9.77. The molecule has 126 valence electrons. The summed E-state index contributed by atoms with van der Waals surface area (Å²) in [4.78, 5) is 9.06. The maximum atomic E-state index is 14.2. The van der Waals surface area contributed by atoms with Crippen molar-refractivity contribution in [3.8, 4) is 0 Å². The molecule has 0 spiro atoms. The molecule has 0 bridgehead atoms. The van der Waals surface area contributed by atoms with Crippen LogP contribution in [0.4, 0.5) is 13.2 Å². The molecule has 2 N–H and O–H groups in total. The summed E-state index contributed by atoms with van der Waals surface area (Å²) in [5, 5.41) is 0. The first kappa shape index (κ1) is 15.4. The van der Waals surface area contributed by atoms with Crippen LogP contribution in [0, 0.1) is 18.8 Å². The molecule has 2 unspecified atom stereocenters. The molecule has 7 heteroatoms. The Morgan fingerprint density at radius 2 is 1.96 bits per heavy atom. The van der Waals surface area contributed by atoms with E-state index < -0.39 is 23.4 Å². The van der Waals surface area contributed by atoms with E-state index in [2.05, 4.69) is 9.97 Å². The van der Waals surface area contributed by atoms with Crippen LogP contribution in [0.2, 0.25) is 0 Å². The Bertz CT molecular complexity index is 883. The van der Waals surface area contributed by atoms with Crippen LogP contribution in [-0.4, -0.2) is 20.6 Å². The molecule has 0 aromatic carbocycles. The second-order valence-corrected chi connectivity index (χ2v) is 6.56. The van der Waals surface area contributed by atoms with Crippen molar-refractivity contribution in [3.63, 3.8) is 0 Å². The highest BCUT2D eigenvalue weighted by Gasteiger charge is 2.38. The van der Waals surface area contributed by atoms with Gasteiger partial charge in [0.05, 0.1) is 0 Å². The van der Waals surface area contributed by atoms with Crippen LogP contribution in [0.25, 0.3) is 11.2 Å². The Hall–Kier alpha value is -2.15. The summed E-state index contributed by atoms with van der Waals surface area (Å²) in [6.07, 6.45) is 0.764. The number of aromatic nitrogens is 3. The van der Waals surface area contributed by atoms with Crippen LogP contribution in [0.5, 0.6) is 0 Å². The van der Waals surface area contributed by atoms with E-state index in [1.165, 1.54) is 0 Å². The topological polar surface area (TPSA) is 56.7 Å². The van der Waals surface area contributed by atoms with E-state index in [1.54, 1.807) is 0 Å². The van der Waals surface area contributed by atoms with Gasteiger partial charge in [0.25, 0.3) is 0 Å². The summed E-state index contributed by atoms with van der Waals surface area (Å²) in [6.45, 7) is 2.33. The largest absolute Gasteiger partial charge is 0.326 e. The third-order valence-electron chi connectivity index (χ3n) is 4.97. The maximum absolute atomic E-state index is 14.2. The molecule has 1 aliphatic heterocycles. The number of hydrogen-bond donors (Lipinski definition) is 1. The predicted molar refractivity (Wildman–Crippen MR) is 84.0 cm³/mol. The molecule has 3 heterocycles. The molecule has 4 nitrogen and oxygen atoms in total. The zero-order valence-corrected chi connectivity index (χ0v) is 13.1.